The van der Waals surface area contributed by atoms with E-state index in [0.717, 1.165) is 16.8 Å². The minimum atomic E-state index is -0.356. The van der Waals surface area contributed by atoms with Gasteiger partial charge in [-0.05, 0) is 23.8 Å². The molecule has 2 aromatic rings. The van der Waals surface area contributed by atoms with Crippen molar-refractivity contribution in [1.29, 1.82) is 0 Å². The van der Waals surface area contributed by atoms with Crippen LogP contribution in [-0.2, 0) is 9.53 Å². The third kappa shape index (κ3) is 3.87. The average Bonchev–Trinajstić information content (AvgIpc) is 2.56. The maximum Gasteiger partial charge on any atom is 0.314 e. The number of hydrogen-bond donors (Lipinski definition) is 1. The summed E-state index contributed by atoms with van der Waals surface area (Å²) in [5.74, 6) is 1.97. The van der Waals surface area contributed by atoms with Crippen molar-refractivity contribution in [2.45, 2.75) is 5.92 Å². The Bertz CT molecular complexity index is 644. The van der Waals surface area contributed by atoms with Crippen LogP contribution in [-0.4, -0.2) is 19.6 Å². The molecule has 0 amide bonds. The second-order valence-corrected chi connectivity index (χ2v) is 4.59. The van der Waals surface area contributed by atoms with Crippen LogP contribution in [0.25, 0.3) is 0 Å². The third-order valence-corrected chi connectivity index (χ3v) is 3.23. The van der Waals surface area contributed by atoms with Crippen molar-refractivity contribution in [3.63, 3.8) is 0 Å². The van der Waals surface area contributed by atoms with Crippen LogP contribution in [0.1, 0.15) is 17.0 Å². The predicted octanol–water partition coefficient (Wildman–Crippen LogP) is 3.04. The summed E-state index contributed by atoms with van der Waals surface area (Å²) in [5, 5.41) is 3.24. The average molecular weight is 279 g/mol. The fraction of sp³-hybridized carbons (Fsp3) is 0.167. The lowest BCUT2D eigenvalue weighted by Gasteiger charge is -2.16. The van der Waals surface area contributed by atoms with E-state index in [1.54, 1.807) is 0 Å². The molecule has 1 unspecified atom stereocenters. The summed E-state index contributed by atoms with van der Waals surface area (Å²) in [4.78, 5) is 12.0. The van der Waals surface area contributed by atoms with E-state index in [1.807, 2.05) is 54.6 Å². The van der Waals surface area contributed by atoms with E-state index in [1.165, 1.54) is 7.11 Å². The van der Waals surface area contributed by atoms with Crippen molar-refractivity contribution < 1.29 is 9.53 Å². The zero-order chi connectivity index (χ0) is 15.1. The van der Waals surface area contributed by atoms with E-state index in [2.05, 4.69) is 11.2 Å². The number of ether oxygens (including phenoxy) is 1. The van der Waals surface area contributed by atoms with Crippen LogP contribution < -0.4 is 5.32 Å². The van der Waals surface area contributed by atoms with Crippen LogP contribution >= 0.6 is 0 Å². The number of esters is 1. The highest BCUT2D eigenvalue weighted by Gasteiger charge is 2.20. The standard InChI is InChI=1S/C18H17NO2/c1-3-14-8-7-11-16(12-14)19-13-17(18(20)21-2)15-9-5-4-6-10-15/h1,4-12,17,19H,13H2,2H3. The summed E-state index contributed by atoms with van der Waals surface area (Å²) >= 11 is 0. The zero-order valence-electron chi connectivity index (χ0n) is 11.9. The number of methoxy groups -OCH3 is 1. The molecule has 0 bridgehead atoms. The molecule has 0 aliphatic heterocycles. The van der Waals surface area contributed by atoms with E-state index < -0.39 is 0 Å². The van der Waals surface area contributed by atoms with Gasteiger partial charge < -0.3 is 10.1 Å². The predicted molar refractivity (Wildman–Crippen MR) is 84.1 cm³/mol. The lowest BCUT2D eigenvalue weighted by molar-refractivity contribution is -0.142. The summed E-state index contributed by atoms with van der Waals surface area (Å²) in [6.07, 6.45) is 5.38. The van der Waals surface area contributed by atoms with E-state index in [9.17, 15) is 4.79 Å². The van der Waals surface area contributed by atoms with Gasteiger partial charge in [-0.2, -0.15) is 0 Å². The molecule has 0 aromatic heterocycles. The largest absolute Gasteiger partial charge is 0.468 e. The van der Waals surface area contributed by atoms with Crippen molar-refractivity contribution in [1.82, 2.24) is 0 Å². The van der Waals surface area contributed by atoms with Gasteiger partial charge >= 0.3 is 5.97 Å². The molecule has 0 saturated carbocycles. The first kappa shape index (κ1) is 14.7. The van der Waals surface area contributed by atoms with Gasteiger partial charge in [-0.1, -0.05) is 42.3 Å². The summed E-state index contributed by atoms with van der Waals surface area (Å²) in [5.41, 5.74) is 2.61. The minimum Gasteiger partial charge on any atom is -0.468 e. The highest BCUT2D eigenvalue weighted by atomic mass is 16.5. The normalized spacial score (nSPS) is 11.2. The van der Waals surface area contributed by atoms with Crippen molar-refractivity contribution in [2.75, 3.05) is 19.0 Å². The fourth-order valence-corrected chi connectivity index (χ4v) is 2.10. The quantitative estimate of drug-likeness (QED) is 0.675. The van der Waals surface area contributed by atoms with Crippen molar-refractivity contribution >= 4 is 11.7 Å². The first-order valence-corrected chi connectivity index (χ1v) is 6.68. The van der Waals surface area contributed by atoms with Gasteiger partial charge in [0.15, 0.2) is 0 Å². The van der Waals surface area contributed by atoms with E-state index >= 15 is 0 Å². The molecule has 0 radical (unpaired) electrons. The van der Waals surface area contributed by atoms with Gasteiger partial charge in [0.2, 0.25) is 0 Å². The number of anilines is 1. The summed E-state index contributed by atoms with van der Waals surface area (Å²) < 4.78 is 4.89. The lowest BCUT2D eigenvalue weighted by Crippen LogP contribution is -2.22. The Morgan fingerprint density at radius 1 is 1.24 bits per heavy atom. The Labute approximate surface area is 125 Å². The molecule has 106 valence electrons. The molecule has 3 nitrogen and oxygen atoms in total. The van der Waals surface area contributed by atoms with Crippen LogP contribution in [0.4, 0.5) is 5.69 Å². The molecule has 0 saturated heterocycles. The number of hydrogen-bond acceptors (Lipinski definition) is 3. The molecule has 2 rings (SSSR count). The molecule has 1 atom stereocenters. The Balaban J connectivity index is 2.13. The van der Waals surface area contributed by atoms with Crippen molar-refractivity contribution in [3.8, 4) is 12.3 Å². The Morgan fingerprint density at radius 3 is 2.67 bits per heavy atom. The molecule has 0 heterocycles. The second kappa shape index (κ2) is 7.16. The van der Waals surface area contributed by atoms with Crippen LogP contribution in [0.15, 0.2) is 54.6 Å². The number of nitrogens with one attached hydrogen (secondary N) is 1. The highest BCUT2D eigenvalue weighted by molar-refractivity contribution is 5.78. The van der Waals surface area contributed by atoms with Crippen LogP contribution in [0, 0.1) is 12.3 Å². The molecule has 0 spiro atoms. The molecule has 3 heteroatoms. The number of terminal acetylenes is 1. The first-order valence-electron chi connectivity index (χ1n) is 6.68. The van der Waals surface area contributed by atoms with Crippen LogP contribution in [0.5, 0.6) is 0 Å². The second-order valence-electron chi connectivity index (χ2n) is 4.59. The van der Waals surface area contributed by atoms with Gasteiger partial charge in [-0.25, -0.2) is 0 Å². The summed E-state index contributed by atoms with van der Waals surface area (Å²) in [6, 6.07) is 17.1. The van der Waals surface area contributed by atoms with E-state index in [0.29, 0.717) is 6.54 Å². The molecular formula is C18H17NO2. The summed E-state index contributed by atoms with van der Waals surface area (Å²) in [6.45, 7) is 0.449. The monoisotopic (exact) mass is 279 g/mol. The molecular weight excluding hydrogens is 262 g/mol. The Hall–Kier alpha value is -2.73. The minimum absolute atomic E-state index is 0.262. The molecule has 1 N–H and O–H groups in total. The number of benzene rings is 2. The zero-order valence-corrected chi connectivity index (χ0v) is 11.9. The van der Waals surface area contributed by atoms with Gasteiger partial charge in [0.1, 0.15) is 0 Å². The van der Waals surface area contributed by atoms with Gasteiger partial charge in [0.25, 0.3) is 0 Å². The van der Waals surface area contributed by atoms with Crippen LogP contribution in [0.2, 0.25) is 0 Å². The highest BCUT2D eigenvalue weighted by Crippen LogP contribution is 2.19. The third-order valence-electron chi connectivity index (χ3n) is 3.23. The van der Waals surface area contributed by atoms with Crippen molar-refractivity contribution in [3.05, 3.63) is 65.7 Å². The Kier molecular flexibility index (Phi) is 5.00. The molecule has 2 aromatic carbocycles. The Morgan fingerprint density at radius 2 is 2.00 bits per heavy atom. The SMILES string of the molecule is C#Cc1cccc(NCC(C(=O)OC)c2ccccc2)c1. The van der Waals surface area contributed by atoms with Gasteiger partial charge in [0, 0.05) is 17.8 Å². The smallest absolute Gasteiger partial charge is 0.314 e. The molecule has 0 fully saturated rings. The van der Waals surface area contributed by atoms with Crippen molar-refractivity contribution in [2.24, 2.45) is 0 Å². The maximum absolute atomic E-state index is 12.0. The van der Waals surface area contributed by atoms with Gasteiger partial charge in [-0.15, -0.1) is 6.42 Å². The van der Waals surface area contributed by atoms with E-state index in [4.69, 9.17) is 11.2 Å². The number of carbonyl (C=O) groups excluding carboxylic acids is 1. The van der Waals surface area contributed by atoms with Gasteiger partial charge in [0.05, 0.1) is 13.0 Å². The van der Waals surface area contributed by atoms with Gasteiger partial charge in [-0.3, -0.25) is 4.79 Å². The molecule has 0 aliphatic carbocycles. The topological polar surface area (TPSA) is 38.3 Å². The van der Waals surface area contributed by atoms with E-state index in [-0.39, 0.29) is 11.9 Å². The number of carbonyl (C=O) groups is 1. The molecule has 21 heavy (non-hydrogen) atoms. The number of rotatable bonds is 5. The summed E-state index contributed by atoms with van der Waals surface area (Å²) in [7, 11) is 1.40. The van der Waals surface area contributed by atoms with Crippen LogP contribution in [0.3, 0.4) is 0 Å². The lowest BCUT2D eigenvalue weighted by atomic mass is 9.99. The molecule has 0 aliphatic rings. The fourth-order valence-electron chi connectivity index (χ4n) is 2.10. The maximum atomic E-state index is 12.0. The first-order chi connectivity index (χ1) is 10.2.